The molecule has 0 N–H and O–H groups in total. The maximum atomic E-state index is 12.3. The molecular formula is C39H52O10. The molecule has 0 unspecified atom stereocenters. The molecule has 0 saturated heterocycles. The molecule has 10 nitrogen and oxygen atoms in total. The summed E-state index contributed by atoms with van der Waals surface area (Å²) in [6.45, 7) is 8.96. The minimum Gasteiger partial charge on any atom is -0.497 e. The van der Waals surface area contributed by atoms with Crippen molar-refractivity contribution in [3.63, 3.8) is 0 Å². The first-order valence-electron chi connectivity index (χ1n) is 17.1. The number of rotatable bonds is 22. The van der Waals surface area contributed by atoms with E-state index in [0.29, 0.717) is 31.1 Å². The summed E-state index contributed by atoms with van der Waals surface area (Å²) in [6, 6.07) is 14.1. The van der Waals surface area contributed by atoms with E-state index >= 15 is 0 Å². The molecule has 1 saturated carbocycles. The second-order valence-electron chi connectivity index (χ2n) is 11.5. The van der Waals surface area contributed by atoms with Crippen LogP contribution in [0.1, 0.15) is 87.4 Å². The fraction of sp³-hybridized carbons (Fsp3) is 0.487. The van der Waals surface area contributed by atoms with E-state index in [9.17, 15) is 19.2 Å². The zero-order valence-corrected chi connectivity index (χ0v) is 28.8. The summed E-state index contributed by atoms with van der Waals surface area (Å²) in [5, 5.41) is 0. The summed E-state index contributed by atoms with van der Waals surface area (Å²) < 4.78 is 31.9. The van der Waals surface area contributed by atoms with Crippen molar-refractivity contribution in [1.29, 1.82) is 0 Å². The lowest BCUT2D eigenvalue weighted by molar-refractivity contribution is -0.141. The molecule has 0 bridgehead atoms. The Morgan fingerprint density at radius 3 is 1.65 bits per heavy atom. The van der Waals surface area contributed by atoms with Crippen LogP contribution >= 0.6 is 0 Å². The van der Waals surface area contributed by atoms with Crippen LogP contribution in [0.3, 0.4) is 0 Å². The highest BCUT2D eigenvalue weighted by Crippen LogP contribution is 2.28. The van der Waals surface area contributed by atoms with Gasteiger partial charge in [0.1, 0.15) is 23.5 Å². The van der Waals surface area contributed by atoms with E-state index in [0.717, 1.165) is 101 Å². The van der Waals surface area contributed by atoms with Crippen molar-refractivity contribution >= 4 is 24.2 Å². The predicted octanol–water partition coefficient (Wildman–Crippen LogP) is 7.63. The third kappa shape index (κ3) is 18.6. The van der Waals surface area contributed by atoms with E-state index in [1.165, 1.54) is 12.2 Å². The Kier molecular flexibility index (Phi) is 21.2. The van der Waals surface area contributed by atoms with Crippen molar-refractivity contribution in [2.45, 2.75) is 83.2 Å². The molecule has 0 heterocycles. The maximum absolute atomic E-state index is 12.3. The molecule has 49 heavy (non-hydrogen) atoms. The van der Waals surface area contributed by atoms with Gasteiger partial charge in [0.25, 0.3) is 0 Å². The van der Waals surface area contributed by atoms with Gasteiger partial charge in [-0.2, -0.15) is 0 Å². The zero-order chi connectivity index (χ0) is 35.5. The maximum Gasteiger partial charge on any atom is 0.330 e. The molecule has 0 amide bonds. The summed E-state index contributed by atoms with van der Waals surface area (Å²) in [6.07, 6.45) is 14.5. The Labute approximate surface area is 290 Å². The predicted molar refractivity (Wildman–Crippen MR) is 187 cm³/mol. The Hall–Kier alpha value is -4.44. The summed E-state index contributed by atoms with van der Waals surface area (Å²) in [5.41, 5.74) is 0.645. The lowest BCUT2D eigenvalue weighted by Crippen LogP contribution is -2.29. The topological polar surface area (TPSA) is 124 Å². The van der Waals surface area contributed by atoms with E-state index < -0.39 is 0 Å². The zero-order valence-electron chi connectivity index (χ0n) is 28.8. The van der Waals surface area contributed by atoms with Gasteiger partial charge in [0, 0.05) is 24.3 Å². The van der Waals surface area contributed by atoms with E-state index in [1.807, 2.05) is 0 Å². The number of benzene rings is 2. The first kappa shape index (κ1) is 40.7. The van der Waals surface area contributed by atoms with Crippen LogP contribution in [0.15, 0.2) is 73.8 Å². The van der Waals surface area contributed by atoms with Gasteiger partial charge in [-0.1, -0.05) is 19.6 Å². The summed E-state index contributed by atoms with van der Waals surface area (Å²) >= 11 is 0. The Morgan fingerprint density at radius 2 is 1.14 bits per heavy atom. The molecule has 3 rings (SSSR count). The van der Waals surface area contributed by atoms with Gasteiger partial charge in [0.05, 0.1) is 39.0 Å². The molecule has 1 fully saturated rings. The average molecular weight is 681 g/mol. The van der Waals surface area contributed by atoms with Crippen molar-refractivity contribution in [3.05, 3.63) is 79.4 Å². The van der Waals surface area contributed by atoms with Crippen molar-refractivity contribution in [1.82, 2.24) is 0 Å². The van der Waals surface area contributed by atoms with Gasteiger partial charge in [-0.05, 0) is 119 Å². The average Bonchev–Trinajstić information content (AvgIpc) is 3.14. The summed E-state index contributed by atoms with van der Waals surface area (Å²) in [4.78, 5) is 44.5. The van der Waals surface area contributed by atoms with Crippen LogP contribution in [0.5, 0.6) is 17.2 Å². The van der Waals surface area contributed by atoms with E-state index in [1.54, 1.807) is 55.6 Å². The number of methoxy groups -OCH3 is 1. The van der Waals surface area contributed by atoms with Crippen LogP contribution < -0.4 is 14.2 Å². The Balaban J connectivity index is 0.000000365. The Bertz CT molecular complexity index is 1250. The molecule has 2 aromatic carbocycles. The molecule has 2 aromatic rings. The standard InChI is InChI=1S/C23H32O6.C16H20O4/c1-3-22(24)28-17-7-5-4-6-16-27-20-10-8-18(9-11-20)23(25)29-21-14-12-19(26-2)13-15-21;1-2-16(18)20-12-6-4-3-5-11-19-15-9-7-14(13-17)8-10-15/h3,12-15,18,20H,1,4-11,16-17H2,2H3;2,7-10,13H,1,3-6,11-12H2. The van der Waals surface area contributed by atoms with Crippen molar-refractivity contribution in [2.24, 2.45) is 5.92 Å². The highest BCUT2D eigenvalue weighted by Gasteiger charge is 2.28. The van der Waals surface area contributed by atoms with Gasteiger partial charge in [-0.3, -0.25) is 9.59 Å². The number of carbonyl (C=O) groups is 4. The molecule has 0 aliphatic heterocycles. The van der Waals surface area contributed by atoms with Gasteiger partial charge in [0.2, 0.25) is 0 Å². The van der Waals surface area contributed by atoms with Crippen LogP contribution in [0.4, 0.5) is 0 Å². The molecule has 0 radical (unpaired) electrons. The number of aldehydes is 1. The number of esters is 3. The number of ether oxygens (including phenoxy) is 6. The van der Waals surface area contributed by atoms with Gasteiger partial charge in [0.15, 0.2) is 0 Å². The van der Waals surface area contributed by atoms with Gasteiger partial charge in [-0.25, -0.2) is 9.59 Å². The monoisotopic (exact) mass is 680 g/mol. The van der Waals surface area contributed by atoms with Crippen LogP contribution in [0, 0.1) is 5.92 Å². The molecule has 268 valence electrons. The second-order valence-corrected chi connectivity index (χ2v) is 11.5. The normalized spacial score (nSPS) is 15.0. The number of hydrogen-bond donors (Lipinski definition) is 0. The smallest absolute Gasteiger partial charge is 0.330 e. The number of hydrogen-bond acceptors (Lipinski definition) is 10. The highest BCUT2D eigenvalue weighted by atomic mass is 16.5. The highest BCUT2D eigenvalue weighted by molar-refractivity contribution is 5.81. The van der Waals surface area contributed by atoms with Crippen LogP contribution in [-0.2, 0) is 28.6 Å². The first-order chi connectivity index (χ1) is 23.9. The van der Waals surface area contributed by atoms with E-state index in [-0.39, 0.29) is 29.9 Å². The molecule has 0 aromatic heterocycles. The molecular weight excluding hydrogens is 628 g/mol. The van der Waals surface area contributed by atoms with Crippen molar-refractivity contribution < 1.29 is 47.6 Å². The van der Waals surface area contributed by atoms with Crippen LogP contribution in [0.25, 0.3) is 0 Å². The second kappa shape index (κ2) is 25.6. The molecule has 0 spiro atoms. The largest absolute Gasteiger partial charge is 0.497 e. The summed E-state index contributed by atoms with van der Waals surface area (Å²) in [7, 11) is 1.60. The number of unbranched alkanes of at least 4 members (excludes halogenated alkanes) is 6. The fourth-order valence-electron chi connectivity index (χ4n) is 4.97. The Morgan fingerprint density at radius 1 is 0.653 bits per heavy atom. The third-order valence-corrected chi connectivity index (χ3v) is 7.82. The van der Waals surface area contributed by atoms with E-state index in [2.05, 4.69) is 13.2 Å². The number of carbonyl (C=O) groups excluding carboxylic acids is 4. The summed E-state index contributed by atoms with van der Waals surface area (Å²) in [5.74, 6) is 1.10. The lowest BCUT2D eigenvalue weighted by Gasteiger charge is -2.27. The SMILES string of the molecule is C=CC(=O)OCCCCCCOC1CCC(C(=O)Oc2ccc(OC)cc2)CC1.C=CC(=O)OCCCCCCOc1ccc(C=O)cc1. The van der Waals surface area contributed by atoms with Gasteiger partial charge >= 0.3 is 17.9 Å². The van der Waals surface area contributed by atoms with E-state index in [4.69, 9.17) is 28.4 Å². The molecule has 1 aliphatic carbocycles. The first-order valence-corrected chi connectivity index (χ1v) is 17.1. The van der Waals surface area contributed by atoms with Crippen LogP contribution in [0.2, 0.25) is 0 Å². The van der Waals surface area contributed by atoms with Gasteiger partial charge < -0.3 is 28.4 Å². The fourth-order valence-corrected chi connectivity index (χ4v) is 4.97. The van der Waals surface area contributed by atoms with Crippen molar-refractivity contribution in [3.8, 4) is 17.2 Å². The van der Waals surface area contributed by atoms with Gasteiger partial charge in [-0.15, -0.1) is 0 Å². The van der Waals surface area contributed by atoms with Crippen molar-refractivity contribution in [2.75, 3.05) is 33.5 Å². The quantitative estimate of drug-likeness (QED) is 0.0403. The molecule has 0 atom stereocenters. The molecule has 1 aliphatic rings. The van der Waals surface area contributed by atoms with Crippen LogP contribution in [-0.4, -0.2) is 63.8 Å². The molecule has 10 heteroatoms. The lowest BCUT2D eigenvalue weighted by atomic mass is 9.87. The minimum atomic E-state index is -0.368. The minimum absolute atomic E-state index is 0.0600. The third-order valence-electron chi connectivity index (χ3n) is 7.82.